The lowest BCUT2D eigenvalue weighted by Crippen LogP contribution is -2.29. The largest absolute Gasteiger partial charge is 0.389 e. The number of hydrogen-bond donors (Lipinski definition) is 1. The minimum Gasteiger partial charge on any atom is -0.389 e. The third-order valence-corrected chi connectivity index (χ3v) is 2.47. The van der Waals surface area contributed by atoms with E-state index in [9.17, 15) is 5.11 Å². The molecule has 0 aliphatic carbocycles. The van der Waals surface area contributed by atoms with Crippen molar-refractivity contribution in [3.63, 3.8) is 0 Å². The fourth-order valence-corrected chi connectivity index (χ4v) is 1.78. The maximum Gasteiger partial charge on any atom is 0.223 e. The van der Waals surface area contributed by atoms with Crippen molar-refractivity contribution >= 4 is 0 Å². The number of rotatable bonds is 2. The Hall–Kier alpha value is -0.940. The van der Waals surface area contributed by atoms with Gasteiger partial charge >= 0.3 is 0 Å². The van der Waals surface area contributed by atoms with E-state index in [-0.39, 0.29) is 0 Å². The summed E-state index contributed by atoms with van der Waals surface area (Å²) in [5.74, 6) is 1.28. The summed E-state index contributed by atoms with van der Waals surface area (Å²) in [4.78, 5) is 6.25. The Bertz CT molecular complexity index is 322. The normalized spacial score (nSPS) is 28.5. The quantitative estimate of drug-likeness (QED) is 0.740. The van der Waals surface area contributed by atoms with Gasteiger partial charge in [0.2, 0.25) is 5.89 Å². The Morgan fingerprint density at radius 2 is 2.43 bits per heavy atom. The van der Waals surface area contributed by atoms with Gasteiger partial charge in [-0.15, -0.1) is 0 Å². The molecule has 1 fully saturated rings. The van der Waals surface area contributed by atoms with E-state index >= 15 is 0 Å². The van der Waals surface area contributed by atoms with Crippen LogP contribution in [0, 0.1) is 6.92 Å². The second kappa shape index (κ2) is 3.33. The van der Waals surface area contributed by atoms with Crippen LogP contribution in [0.25, 0.3) is 0 Å². The molecule has 0 aromatic carbocycles. The molecule has 1 aromatic rings. The number of hydrogen-bond acceptors (Lipinski definition) is 5. The molecule has 1 atom stereocenters. The van der Waals surface area contributed by atoms with Gasteiger partial charge in [-0.3, -0.25) is 4.90 Å². The van der Waals surface area contributed by atoms with Crippen LogP contribution in [0.15, 0.2) is 4.52 Å². The smallest absolute Gasteiger partial charge is 0.223 e. The standard InChI is InChI=1S/C9H15N3O2/c1-7-10-8(11-14-7)5-12-4-3-9(2,13)6-12/h13H,3-6H2,1-2H3. The van der Waals surface area contributed by atoms with Crippen LogP contribution < -0.4 is 0 Å². The minimum absolute atomic E-state index is 0.557. The molecule has 0 bridgehead atoms. The van der Waals surface area contributed by atoms with Gasteiger partial charge in [-0.25, -0.2) is 0 Å². The van der Waals surface area contributed by atoms with Gasteiger partial charge in [0.05, 0.1) is 12.1 Å². The Morgan fingerprint density at radius 1 is 1.64 bits per heavy atom. The Balaban J connectivity index is 1.94. The first-order valence-electron chi connectivity index (χ1n) is 4.79. The number of likely N-dealkylation sites (tertiary alicyclic amines) is 1. The lowest BCUT2D eigenvalue weighted by molar-refractivity contribution is 0.0675. The van der Waals surface area contributed by atoms with Crippen LogP contribution in [0.2, 0.25) is 0 Å². The third-order valence-electron chi connectivity index (χ3n) is 2.47. The van der Waals surface area contributed by atoms with Crippen LogP contribution in [-0.4, -0.2) is 38.8 Å². The summed E-state index contributed by atoms with van der Waals surface area (Å²) in [6, 6.07) is 0. The highest BCUT2D eigenvalue weighted by molar-refractivity contribution is 4.90. The average molecular weight is 197 g/mol. The highest BCUT2D eigenvalue weighted by atomic mass is 16.5. The zero-order valence-corrected chi connectivity index (χ0v) is 8.53. The molecule has 2 heterocycles. The van der Waals surface area contributed by atoms with Gasteiger partial charge in [-0.05, 0) is 13.3 Å². The summed E-state index contributed by atoms with van der Waals surface area (Å²) in [6.07, 6.45) is 0.809. The van der Waals surface area contributed by atoms with Crippen molar-refractivity contribution in [3.05, 3.63) is 11.7 Å². The lowest BCUT2D eigenvalue weighted by Gasteiger charge is -2.16. The maximum absolute atomic E-state index is 9.74. The molecule has 1 aliphatic rings. The summed E-state index contributed by atoms with van der Waals surface area (Å²) in [7, 11) is 0. The fraction of sp³-hybridized carbons (Fsp3) is 0.778. The van der Waals surface area contributed by atoms with Gasteiger partial charge < -0.3 is 9.63 Å². The minimum atomic E-state index is -0.557. The van der Waals surface area contributed by atoms with Crippen molar-refractivity contribution in [1.29, 1.82) is 0 Å². The monoisotopic (exact) mass is 197 g/mol. The van der Waals surface area contributed by atoms with Crippen LogP contribution in [0.3, 0.4) is 0 Å². The zero-order valence-electron chi connectivity index (χ0n) is 8.53. The first-order valence-corrected chi connectivity index (χ1v) is 4.79. The first-order chi connectivity index (χ1) is 6.55. The van der Waals surface area contributed by atoms with Crippen molar-refractivity contribution in [2.24, 2.45) is 0 Å². The van der Waals surface area contributed by atoms with Gasteiger partial charge in [0.1, 0.15) is 0 Å². The van der Waals surface area contributed by atoms with E-state index in [0.29, 0.717) is 24.8 Å². The highest BCUT2D eigenvalue weighted by Gasteiger charge is 2.31. The van der Waals surface area contributed by atoms with Crippen LogP contribution >= 0.6 is 0 Å². The van der Waals surface area contributed by atoms with Crippen molar-refractivity contribution in [3.8, 4) is 0 Å². The van der Waals surface area contributed by atoms with E-state index in [0.717, 1.165) is 13.0 Å². The molecule has 78 valence electrons. The Kier molecular flexibility index (Phi) is 2.28. The molecule has 0 saturated carbocycles. The zero-order chi connectivity index (χ0) is 10.2. The number of nitrogens with zero attached hydrogens (tertiary/aromatic N) is 3. The predicted octanol–water partition coefficient (Wildman–Crippen LogP) is 0.335. The molecule has 1 saturated heterocycles. The summed E-state index contributed by atoms with van der Waals surface area (Å²) in [5, 5.41) is 13.6. The van der Waals surface area contributed by atoms with Gasteiger partial charge in [-0.2, -0.15) is 4.98 Å². The molecule has 0 radical (unpaired) electrons. The van der Waals surface area contributed by atoms with Crippen molar-refractivity contribution < 1.29 is 9.63 Å². The average Bonchev–Trinajstić information content (AvgIpc) is 2.59. The Labute approximate surface area is 82.7 Å². The van der Waals surface area contributed by atoms with Crippen LogP contribution in [0.1, 0.15) is 25.1 Å². The van der Waals surface area contributed by atoms with Gasteiger partial charge in [0.15, 0.2) is 5.82 Å². The number of aryl methyl sites for hydroxylation is 1. The van der Waals surface area contributed by atoms with E-state index < -0.39 is 5.60 Å². The Morgan fingerprint density at radius 3 is 2.93 bits per heavy atom. The molecular weight excluding hydrogens is 182 g/mol. The summed E-state index contributed by atoms with van der Waals surface area (Å²) in [6.45, 7) is 5.86. The summed E-state index contributed by atoms with van der Waals surface area (Å²) < 4.78 is 4.88. The highest BCUT2D eigenvalue weighted by Crippen LogP contribution is 2.21. The maximum atomic E-state index is 9.74. The molecule has 2 rings (SSSR count). The van der Waals surface area contributed by atoms with Gasteiger partial charge in [0.25, 0.3) is 0 Å². The van der Waals surface area contributed by atoms with E-state index in [1.54, 1.807) is 6.92 Å². The van der Waals surface area contributed by atoms with E-state index in [1.807, 2.05) is 6.92 Å². The van der Waals surface area contributed by atoms with E-state index in [1.165, 1.54) is 0 Å². The lowest BCUT2D eigenvalue weighted by atomic mass is 10.1. The molecular formula is C9H15N3O2. The molecule has 1 aromatic heterocycles. The topological polar surface area (TPSA) is 62.4 Å². The number of aliphatic hydroxyl groups is 1. The predicted molar refractivity (Wildman–Crippen MR) is 49.6 cm³/mol. The van der Waals surface area contributed by atoms with Gasteiger partial charge in [0, 0.05) is 20.0 Å². The SMILES string of the molecule is Cc1nc(CN2CCC(C)(O)C2)no1. The number of β-amino-alcohol motifs (C(OH)–C–C–N with tert-alkyl or cyclic N) is 1. The van der Waals surface area contributed by atoms with E-state index in [4.69, 9.17) is 4.52 Å². The fourth-order valence-electron chi connectivity index (χ4n) is 1.78. The van der Waals surface area contributed by atoms with Gasteiger partial charge in [-0.1, -0.05) is 5.16 Å². The second-order valence-electron chi connectivity index (χ2n) is 4.19. The molecule has 0 amide bonds. The van der Waals surface area contributed by atoms with Crippen LogP contribution in [0.5, 0.6) is 0 Å². The van der Waals surface area contributed by atoms with Crippen molar-refractivity contribution in [2.75, 3.05) is 13.1 Å². The molecule has 14 heavy (non-hydrogen) atoms. The summed E-state index contributed by atoms with van der Waals surface area (Å²) >= 11 is 0. The molecule has 1 unspecified atom stereocenters. The third kappa shape index (κ3) is 2.10. The van der Waals surface area contributed by atoms with E-state index in [2.05, 4.69) is 15.0 Å². The van der Waals surface area contributed by atoms with Crippen LogP contribution in [-0.2, 0) is 6.54 Å². The molecule has 5 nitrogen and oxygen atoms in total. The second-order valence-corrected chi connectivity index (χ2v) is 4.19. The number of aromatic nitrogens is 2. The van der Waals surface area contributed by atoms with Crippen molar-refractivity contribution in [2.45, 2.75) is 32.4 Å². The molecule has 0 spiro atoms. The molecule has 1 aliphatic heterocycles. The van der Waals surface area contributed by atoms with Crippen LogP contribution in [0.4, 0.5) is 0 Å². The van der Waals surface area contributed by atoms with Crippen molar-refractivity contribution in [1.82, 2.24) is 15.0 Å². The molecule has 5 heteroatoms. The first kappa shape index (κ1) is 9.61. The molecule has 1 N–H and O–H groups in total. The summed E-state index contributed by atoms with van der Waals surface area (Å²) in [5.41, 5.74) is -0.557.